The van der Waals surface area contributed by atoms with E-state index in [2.05, 4.69) is 31.2 Å². The fourth-order valence-corrected chi connectivity index (χ4v) is 5.61. The number of halogens is 2. The Morgan fingerprint density at radius 3 is 2.44 bits per heavy atom. The zero-order chi connectivity index (χ0) is 28.8. The summed E-state index contributed by atoms with van der Waals surface area (Å²) in [6.45, 7) is 9.09. The molecule has 1 aromatic rings. The van der Waals surface area contributed by atoms with Crippen molar-refractivity contribution in [1.29, 1.82) is 0 Å². The summed E-state index contributed by atoms with van der Waals surface area (Å²) in [6, 6.07) is 7.16. The third-order valence-electron chi connectivity index (χ3n) is 7.47. The van der Waals surface area contributed by atoms with Crippen LogP contribution in [-0.2, 0) is 11.2 Å². The minimum Gasteiger partial charge on any atom is -0.368 e. The van der Waals surface area contributed by atoms with Crippen molar-refractivity contribution in [3.05, 3.63) is 58.1 Å². The Hall–Kier alpha value is -2.88. The number of nitrogens with two attached hydrogens (primary N) is 2. The summed E-state index contributed by atoms with van der Waals surface area (Å²) in [5.74, 6) is 5.26. The van der Waals surface area contributed by atoms with Crippen LogP contribution in [0.4, 0.5) is 0 Å². The normalized spacial score (nSPS) is 22.8. The number of hydrogen-bond acceptors (Lipinski definition) is 6. The average Bonchev–Trinajstić information content (AvgIpc) is 3.13. The number of hydrazone groups is 1. The third kappa shape index (κ3) is 7.62. The fourth-order valence-electron chi connectivity index (χ4n) is 5.33. The Balaban J connectivity index is 1.82. The monoisotopic (exact) mass is 575 g/mol. The van der Waals surface area contributed by atoms with Gasteiger partial charge in [-0.15, -0.1) is 16.7 Å². The van der Waals surface area contributed by atoms with Crippen molar-refractivity contribution in [2.45, 2.75) is 65.5 Å². The first-order valence-electron chi connectivity index (χ1n) is 13.1. The molecule has 6 N–H and O–H groups in total. The Bertz CT molecular complexity index is 1170. The standard InChI is InChI=1S/C28H39Cl2N7O2/c1-18(30)17-21(11-15-29)23-25(39)37(28(34-23)13-9-22(10-14-28)27(2,3)4)16-12-19-5-7-20(8-6-19)24(38)33-26(31)35-36-32/h5-8,11,17,22,36H,9-10,12-16,32H2,1-4H3,(H3,31,33,35,38)/b18-17+,21-11+. The van der Waals surface area contributed by atoms with Gasteiger partial charge in [0.15, 0.2) is 0 Å². The number of guanidine groups is 1. The average molecular weight is 577 g/mol. The number of hydrazine groups is 1. The zero-order valence-electron chi connectivity index (χ0n) is 23.1. The highest BCUT2D eigenvalue weighted by molar-refractivity contribution is 6.48. The molecule has 1 fully saturated rings. The lowest BCUT2D eigenvalue weighted by Crippen LogP contribution is -2.50. The van der Waals surface area contributed by atoms with Gasteiger partial charge in [-0.05, 0) is 74.1 Å². The van der Waals surface area contributed by atoms with Crippen LogP contribution >= 0.6 is 23.2 Å². The second kappa shape index (κ2) is 13.0. The molecule has 1 aliphatic carbocycles. The molecule has 0 radical (unpaired) electrons. The van der Waals surface area contributed by atoms with Gasteiger partial charge in [-0.2, -0.15) is 0 Å². The molecule has 2 amide bonds. The van der Waals surface area contributed by atoms with Crippen LogP contribution in [-0.4, -0.2) is 46.5 Å². The molecule has 0 saturated heterocycles. The third-order valence-corrected chi connectivity index (χ3v) is 7.74. The highest BCUT2D eigenvalue weighted by Crippen LogP contribution is 2.46. The topological polar surface area (TPSA) is 138 Å². The van der Waals surface area contributed by atoms with Crippen molar-refractivity contribution in [2.24, 2.45) is 33.0 Å². The molecule has 1 aliphatic heterocycles. The maximum Gasteiger partial charge on any atom is 0.274 e. The SMILES string of the molecule is C/C(Cl)=C\C(=C/CCl)C1=NC2(CCC(C(C)(C)C)CC2)N(CCc2ccc(C(=O)N/C(N)=N/NN)cc2)C1=O. The summed E-state index contributed by atoms with van der Waals surface area (Å²) in [4.78, 5) is 33.2. The van der Waals surface area contributed by atoms with Crippen LogP contribution in [0.15, 0.2) is 57.1 Å². The maximum atomic E-state index is 13.8. The highest BCUT2D eigenvalue weighted by Gasteiger charge is 2.49. The Morgan fingerprint density at radius 2 is 1.90 bits per heavy atom. The van der Waals surface area contributed by atoms with E-state index in [-0.39, 0.29) is 23.2 Å². The van der Waals surface area contributed by atoms with E-state index in [1.165, 1.54) is 0 Å². The molecule has 0 atom stereocenters. The van der Waals surface area contributed by atoms with Crippen LogP contribution < -0.4 is 22.4 Å². The summed E-state index contributed by atoms with van der Waals surface area (Å²) >= 11 is 12.2. The van der Waals surface area contributed by atoms with Crippen molar-refractivity contribution in [1.82, 2.24) is 15.8 Å². The van der Waals surface area contributed by atoms with Crippen LogP contribution in [0, 0.1) is 11.3 Å². The number of benzene rings is 1. The summed E-state index contributed by atoms with van der Waals surface area (Å²) < 4.78 is 0. The van der Waals surface area contributed by atoms with Crippen LogP contribution in [0.1, 0.15) is 69.3 Å². The molecular weight excluding hydrogens is 537 g/mol. The number of alkyl halides is 1. The number of nitrogens with zero attached hydrogens (tertiary/aromatic N) is 3. The van der Waals surface area contributed by atoms with E-state index >= 15 is 0 Å². The Morgan fingerprint density at radius 1 is 1.26 bits per heavy atom. The smallest absolute Gasteiger partial charge is 0.274 e. The predicted molar refractivity (Wildman–Crippen MR) is 158 cm³/mol. The van der Waals surface area contributed by atoms with Gasteiger partial charge >= 0.3 is 0 Å². The minimum atomic E-state index is -0.582. The quantitative estimate of drug-likeness (QED) is 0.0919. The number of allylic oxidation sites excluding steroid dienone is 3. The zero-order valence-corrected chi connectivity index (χ0v) is 24.6. The van der Waals surface area contributed by atoms with Gasteiger partial charge in [0.25, 0.3) is 11.8 Å². The van der Waals surface area contributed by atoms with Crippen molar-refractivity contribution < 1.29 is 9.59 Å². The second-order valence-electron chi connectivity index (χ2n) is 11.1. The number of hydrogen-bond donors (Lipinski definition) is 4. The van der Waals surface area contributed by atoms with Crippen LogP contribution in [0.3, 0.4) is 0 Å². The fraction of sp³-hybridized carbons (Fsp3) is 0.500. The van der Waals surface area contributed by atoms with E-state index in [1.807, 2.05) is 22.6 Å². The molecule has 2 aliphatic rings. The van der Waals surface area contributed by atoms with E-state index in [0.29, 0.717) is 40.8 Å². The van der Waals surface area contributed by atoms with Crippen molar-refractivity contribution in [2.75, 3.05) is 12.4 Å². The summed E-state index contributed by atoms with van der Waals surface area (Å²) in [5.41, 5.74) is 9.71. The molecule has 1 saturated carbocycles. The molecular formula is C28H39Cl2N7O2. The van der Waals surface area contributed by atoms with Crippen LogP contribution in [0.5, 0.6) is 0 Å². The lowest BCUT2D eigenvalue weighted by molar-refractivity contribution is -0.129. The molecule has 0 unspecified atom stereocenters. The van der Waals surface area contributed by atoms with E-state index in [9.17, 15) is 9.59 Å². The number of aliphatic imine (C=N–C) groups is 1. The van der Waals surface area contributed by atoms with E-state index in [0.717, 1.165) is 31.2 Å². The number of carbonyl (C=O) groups is 2. The van der Waals surface area contributed by atoms with Gasteiger partial charge in [0.05, 0.1) is 0 Å². The molecule has 0 aromatic heterocycles. The predicted octanol–water partition coefficient (Wildman–Crippen LogP) is 4.18. The summed E-state index contributed by atoms with van der Waals surface area (Å²) in [7, 11) is 0. The van der Waals surface area contributed by atoms with Gasteiger partial charge in [-0.3, -0.25) is 19.9 Å². The van der Waals surface area contributed by atoms with Gasteiger partial charge in [-0.25, -0.2) is 11.4 Å². The summed E-state index contributed by atoms with van der Waals surface area (Å²) in [6.07, 6.45) is 7.76. The minimum absolute atomic E-state index is 0.103. The van der Waals surface area contributed by atoms with Gasteiger partial charge < -0.3 is 10.6 Å². The molecule has 11 heteroatoms. The number of carbonyl (C=O) groups excluding carboxylic acids is 2. The van der Waals surface area contributed by atoms with Crippen molar-refractivity contribution >= 4 is 46.7 Å². The number of amides is 2. The van der Waals surface area contributed by atoms with Crippen molar-refractivity contribution in [3.8, 4) is 0 Å². The van der Waals surface area contributed by atoms with Gasteiger partial charge in [0.2, 0.25) is 5.96 Å². The first-order chi connectivity index (χ1) is 18.4. The van der Waals surface area contributed by atoms with Crippen LogP contribution in [0.2, 0.25) is 0 Å². The number of nitrogens with one attached hydrogen (secondary N) is 2. The van der Waals surface area contributed by atoms with Gasteiger partial charge in [0, 0.05) is 28.6 Å². The Kier molecular flexibility index (Phi) is 10.2. The highest BCUT2D eigenvalue weighted by atomic mass is 35.5. The Labute approximate surface area is 240 Å². The largest absolute Gasteiger partial charge is 0.368 e. The lowest BCUT2D eigenvalue weighted by Gasteiger charge is -2.45. The molecule has 1 heterocycles. The first-order valence-corrected chi connectivity index (χ1v) is 14.0. The molecule has 0 bridgehead atoms. The lowest BCUT2D eigenvalue weighted by atomic mass is 9.69. The molecule has 1 spiro atoms. The van der Waals surface area contributed by atoms with Gasteiger partial charge in [0.1, 0.15) is 11.4 Å². The van der Waals surface area contributed by atoms with E-state index < -0.39 is 11.6 Å². The maximum absolute atomic E-state index is 13.8. The molecule has 9 nitrogen and oxygen atoms in total. The summed E-state index contributed by atoms with van der Waals surface area (Å²) in [5, 5.41) is 6.51. The second-order valence-corrected chi connectivity index (χ2v) is 12.0. The molecule has 1 aromatic carbocycles. The molecule has 39 heavy (non-hydrogen) atoms. The van der Waals surface area contributed by atoms with Crippen LogP contribution in [0.25, 0.3) is 0 Å². The van der Waals surface area contributed by atoms with E-state index in [1.54, 1.807) is 31.2 Å². The van der Waals surface area contributed by atoms with Gasteiger partial charge in [-0.1, -0.05) is 50.6 Å². The molecule has 212 valence electrons. The molecule has 3 rings (SSSR count). The van der Waals surface area contributed by atoms with Crippen molar-refractivity contribution in [3.63, 3.8) is 0 Å². The number of rotatable bonds is 8. The first kappa shape index (κ1) is 30.7. The van der Waals surface area contributed by atoms with E-state index in [4.69, 9.17) is 39.8 Å².